The smallest absolute Gasteiger partial charge is 0.253 e. The number of nitrogens with zero attached hydrogens (tertiary/aromatic N) is 1. The van der Waals surface area contributed by atoms with Crippen molar-refractivity contribution >= 4 is 41.4 Å². The molecular weight excluding hydrogens is 359 g/mol. The van der Waals surface area contributed by atoms with Crippen molar-refractivity contribution in [3.8, 4) is 0 Å². The third-order valence-corrected chi connectivity index (χ3v) is 4.69. The molecule has 0 saturated carbocycles. The normalized spacial score (nSPS) is 14.7. The first-order chi connectivity index (χ1) is 11.5. The lowest BCUT2D eigenvalue weighted by atomic mass is 9.88. The van der Waals surface area contributed by atoms with Gasteiger partial charge < -0.3 is 10.6 Å². The molecule has 0 radical (unpaired) electrons. The number of amides is 1. The van der Waals surface area contributed by atoms with Crippen LogP contribution in [0.3, 0.4) is 0 Å². The second kappa shape index (κ2) is 8.37. The van der Waals surface area contributed by atoms with Crippen LogP contribution in [0.1, 0.15) is 33.6 Å². The van der Waals surface area contributed by atoms with E-state index in [-0.39, 0.29) is 30.0 Å². The molecule has 1 saturated heterocycles. The Hall–Kier alpha value is -2.04. The third-order valence-electron chi connectivity index (χ3n) is 4.44. The van der Waals surface area contributed by atoms with E-state index >= 15 is 0 Å². The van der Waals surface area contributed by atoms with Crippen molar-refractivity contribution in [1.29, 1.82) is 0 Å². The Labute approximate surface area is 158 Å². The molecule has 0 aromatic heterocycles. The number of nitrogens with two attached hydrogens (primary N) is 1. The maximum absolute atomic E-state index is 12.5. The molecule has 1 aliphatic heterocycles. The van der Waals surface area contributed by atoms with Crippen molar-refractivity contribution in [2.45, 2.75) is 12.8 Å². The highest BCUT2D eigenvalue weighted by atomic mass is 35.5. The Morgan fingerprint density at radius 2 is 1.44 bits per heavy atom. The number of rotatable bonds is 3. The van der Waals surface area contributed by atoms with Gasteiger partial charge in [-0.2, -0.15) is 0 Å². The maximum Gasteiger partial charge on any atom is 0.253 e. The van der Waals surface area contributed by atoms with E-state index in [0.29, 0.717) is 47.8 Å². The number of nitrogen functional groups attached to an aromatic ring is 1. The van der Waals surface area contributed by atoms with Crippen molar-refractivity contribution in [2.75, 3.05) is 18.8 Å². The lowest BCUT2D eigenvalue weighted by Crippen LogP contribution is -2.40. The summed E-state index contributed by atoms with van der Waals surface area (Å²) in [6.45, 7) is 1.18. The molecule has 1 fully saturated rings. The van der Waals surface area contributed by atoms with Crippen LogP contribution in [0, 0.1) is 5.92 Å². The molecule has 4 nitrogen and oxygen atoms in total. The molecule has 6 heteroatoms. The number of anilines is 1. The maximum atomic E-state index is 12.5. The Morgan fingerprint density at radius 1 is 0.920 bits per heavy atom. The van der Waals surface area contributed by atoms with Crippen molar-refractivity contribution in [3.05, 3.63) is 64.7 Å². The zero-order chi connectivity index (χ0) is 17.1. The number of piperidine rings is 1. The standard InChI is InChI=1S/C19H19ClN2O2.ClH/c20-16-5-1-13(2-6-16)18(23)14-9-11-22(12-10-14)19(24)15-3-7-17(21)8-4-15;/h1-8,14H,9-12,21H2;1H. The second-order valence-corrected chi connectivity index (χ2v) is 6.50. The van der Waals surface area contributed by atoms with Crippen LogP contribution in [0.4, 0.5) is 5.69 Å². The summed E-state index contributed by atoms with van der Waals surface area (Å²) in [5.41, 5.74) is 7.60. The summed E-state index contributed by atoms with van der Waals surface area (Å²) in [5.74, 6) is 0.0836. The molecule has 0 aliphatic carbocycles. The van der Waals surface area contributed by atoms with Gasteiger partial charge in [0.05, 0.1) is 0 Å². The number of carbonyl (C=O) groups is 2. The van der Waals surface area contributed by atoms with E-state index in [1.165, 1.54) is 0 Å². The number of halogens is 2. The highest BCUT2D eigenvalue weighted by molar-refractivity contribution is 6.30. The molecule has 2 N–H and O–H groups in total. The largest absolute Gasteiger partial charge is 0.399 e. The van der Waals surface area contributed by atoms with Crippen LogP contribution in [-0.4, -0.2) is 29.7 Å². The van der Waals surface area contributed by atoms with E-state index in [4.69, 9.17) is 17.3 Å². The number of hydrogen-bond acceptors (Lipinski definition) is 3. The van der Waals surface area contributed by atoms with Gasteiger partial charge in [0.2, 0.25) is 0 Å². The fourth-order valence-electron chi connectivity index (χ4n) is 3.00. The molecule has 25 heavy (non-hydrogen) atoms. The molecule has 1 amide bonds. The first-order valence-electron chi connectivity index (χ1n) is 7.99. The van der Waals surface area contributed by atoms with Gasteiger partial charge in [0.25, 0.3) is 5.91 Å². The van der Waals surface area contributed by atoms with Crippen molar-refractivity contribution in [3.63, 3.8) is 0 Å². The highest BCUT2D eigenvalue weighted by Crippen LogP contribution is 2.24. The zero-order valence-electron chi connectivity index (χ0n) is 13.7. The fourth-order valence-corrected chi connectivity index (χ4v) is 3.13. The number of ketones is 1. The predicted molar refractivity (Wildman–Crippen MR) is 103 cm³/mol. The van der Waals surface area contributed by atoms with Gasteiger partial charge in [-0.3, -0.25) is 9.59 Å². The topological polar surface area (TPSA) is 63.4 Å². The van der Waals surface area contributed by atoms with Crippen LogP contribution in [-0.2, 0) is 0 Å². The van der Waals surface area contributed by atoms with Gasteiger partial charge in [-0.05, 0) is 61.4 Å². The van der Waals surface area contributed by atoms with Crippen LogP contribution in [0.5, 0.6) is 0 Å². The second-order valence-electron chi connectivity index (χ2n) is 6.06. The van der Waals surface area contributed by atoms with Crippen LogP contribution < -0.4 is 5.73 Å². The van der Waals surface area contributed by atoms with Gasteiger partial charge in [0.15, 0.2) is 5.78 Å². The summed E-state index contributed by atoms with van der Waals surface area (Å²) < 4.78 is 0. The molecule has 0 spiro atoms. The Morgan fingerprint density at radius 3 is 2.00 bits per heavy atom. The van der Waals surface area contributed by atoms with E-state index in [9.17, 15) is 9.59 Å². The van der Waals surface area contributed by atoms with Crippen LogP contribution in [0.15, 0.2) is 48.5 Å². The monoisotopic (exact) mass is 378 g/mol. The summed E-state index contributed by atoms with van der Waals surface area (Å²) in [5, 5.41) is 0.621. The van der Waals surface area contributed by atoms with Crippen LogP contribution in [0.25, 0.3) is 0 Å². The minimum absolute atomic E-state index is 0. The number of Topliss-reactive ketones (excluding diaryl/α,β-unsaturated/α-hetero) is 1. The quantitative estimate of drug-likeness (QED) is 0.646. The first kappa shape index (κ1) is 19.3. The average molecular weight is 379 g/mol. The number of likely N-dealkylation sites (tertiary alicyclic amines) is 1. The molecule has 3 rings (SSSR count). The predicted octanol–water partition coefficient (Wildman–Crippen LogP) is 4.08. The number of carbonyl (C=O) groups excluding carboxylic acids is 2. The van der Waals surface area contributed by atoms with Gasteiger partial charge in [0, 0.05) is 40.8 Å². The summed E-state index contributed by atoms with van der Waals surface area (Å²) >= 11 is 5.86. The first-order valence-corrected chi connectivity index (χ1v) is 8.37. The van der Waals surface area contributed by atoms with Crippen molar-refractivity contribution < 1.29 is 9.59 Å². The van der Waals surface area contributed by atoms with Gasteiger partial charge >= 0.3 is 0 Å². The average Bonchev–Trinajstić information content (AvgIpc) is 2.62. The van der Waals surface area contributed by atoms with Gasteiger partial charge in [-0.1, -0.05) is 11.6 Å². The van der Waals surface area contributed by atoms with Gasteiger partial charge in [0.1, 0.15) is 0 Å². The highest BCUT2D eigenvalue weighted by Gasteiger charge is 2.28. The zero-order valence-corrected chi connectivity index (χ0v) is 15.2. The van der Waals surface area contributed by atoms with E-state index in [1.807, 2.05) is 0 Å². The van der Waals surface area contributed by atoms with E-state index in [2.05, 4.69) is 0 Å². The Kier molecular flexibility index (Phi) is 6.45. The Balaban J connectivity index is 0.00000225. The van der Waals surface area contributed by atoms with E-state index in [0.717, 1.165) is 0 Å². The minimum atomic E-state index is -0.0401. The molecule has 132 valence electrons. The van der Waals surface area contributed by atoms with E-state index in [1.54, 1.807) is 53.4 Å². The van der Waals surface area contributed by atoms with Crippen LogP contribution >= 0.6 is 24.0 Å². The summed E-state index contributed by atoms with van der Waals surface area (Å²) in [6.07, 6.45) is 1.37. The molecule has 1 aliphatic rings. The number of benzene rings is 2. The van der Waals surface area contributed by atoms with Crippen LogP contribution in [0.2, 0.25) is 5.02 Å². The number of hydrogen-bond donors (Lipinski definition) is 1. The lowest BCUT2D eigenvalue weighted by Gasteiger charge is -2.31. The molecular formula is C19H20Cl2N2O2. The lowest BCUT2D eigenvalue weighted by molar-refractivity contribution is 0.0650. The summed E-state index contributed by atoms with van der Waals surface area (Å²) in [4.78, 5) is 26.8. The minimum Gasteiger partial charge on any atom is -0.399 e. The molecule has 2 aromatic rings. The van der Waals surface area contributed by atoms with Gasteiger partial charge in [-0.25, -0.2) is 0 Å². The molecule has 0 bridgehead atoms. The van der Waals surface area contributed by atoms with Gasteiger partial charge in [-0.15, -0.1) is 12.4 Å². The molecule has 0 unspecified atom stereocenters. The molecule has 2 aromatic carbocycles. The van der Waals surface area contributed by atoms with Crippen molar-refractivity contribution in [2.24, 2.45) is 5.92 Å². The summed E-state index contributed by atoms with van der Waals surface area (Å²) in [6, 6.07) is 13.9. The SMILES string of the molecule is Cl.Nc1ccc(C(=O)N2CCC(C(=O)c3ccc(Cl)cc3)CC2)cc1. The Bertz CT molecular complexity index is 672. The fraction of sp³-hybridized carbons (Fsp3) is 0.263. The molecule has 1 heterocycles. The molecule has 0 atom stereocenters. The summed E-state index contributed by atoms with van der Waals surface area (Å²) in [7, 11) is 0. The van der Waals surface area contributed by atoms with Crippen molar-refractivity contribution in [1.82, 2.24) is 4.90 Å². The third kappa shape index (κ3) is 4.53. The van der Waals surface area contributed by atoms with E-state index < -0.39 is 0 Å².